The molecule has 0 aliphatic carbocycles. The maximum Gasteiger partial charge on any atom is 0.316 e. The second-order valence-electron chi connectivity index (χ2n) is 8.37. The predicted molar refractivity (Wildman–Crippen MR) is 122 cm³/mol. The number of hydrogen-bond donors (Lipinski definition) is 2. The zero-order valence-electron chi connectivity index (χ0n) is 19.0. The highest BCUT2D eigenvalue weighted by molar-refractivity contribution is 5.89. The van der Waals surface area contributed by atoms with Gasteiger partial charge in [-0.25, -0.2) is 0 Å². The molecule has 0 atom stereocenters. The molecule has 178 valence electrons. The summed E-state index contributed by atoms with van der Waals surface area (Å²) in [4.78, 5) is 38.6. The van der Waals surface area contributed by atoms with Gasteiger partial charge in [0.25, 0.3) is 5.91 Å². The van der Waals surface area contributed by atoms with Gasteiger partial charge in [-0.1, -0.05) is 62.3 Å². The van der Waals surface area contributed by atoms with Crippen LogP contribution in [0.5, 0.6) is 5.75 Å². The number of nitrogens with zero attached hydrogens (tertiary/aromatic N) is 3. The lowest BCUT2D eigenvalue weighted by molar-refractivity contribution is -0.385. The first-order valence-electron chi connectivity index (χ1n) is 10.5. The van der Waals surface area contributed by atoms with Gasteiger partial charge in [0.05, 0.1) is 4.92 Å². The average Bonchev–Trinajstić information content (AvgIpc) is 3.30. The summed E-state index contributed by atoms with van der Waals surface area (Å²) in [6, 6.07) is 13.5. The third-order valence-electron chi connectivity index (χ3n) is 4.78. The Hall–Kier alpha value is -4.28. The molecule has 3 rings (SSSR count). The summed E-state index contributed by atoms with van der Waals surface area (Å²) in [5, 5.41) is 19.9. The van der Waals surface area contributed by atoms with Crippen LogP contribution in [-0.2, 0) is 10.2 Å². The van der Waals surface area contributed by atoms with Gasteiger partial charge in [0.1, 0.15) is 0 Å². The van der Waals surface area contributed by atoms with E-state index < -0.39 is 23.3 Å². The van der Waals surface area contributed by atoms with Gasteiger partial charge in [0.2, 0.25) is 5.82 Å². The number of carbonyl (C=O) groups excluding carboxylic acids is 2. The molecule has 11 nitrogen and oxygen atoms in total. The first kappa shape index (κ1) is 24.4. The Balaban J connectivity index is 1.43. The molecular weight excluding hydrogens is 442 g/mol. The van der Waals surface area contributed by atoms with E-state index in [9.17, 15) is 19.7 Å². The number of ether oxygens (including phenoxy) is 1. The standard InChI is InChI=1S/C23H25N5O6/c1-23(2,3)16-10-8-15(9-11-16)20-26-22(34-27-20)21(30)25-13-12-24-19(29)14-33-18-7-5-4-6-17(18)28(31)32/h4-11H,12-14H2,1-3H3,(H,24,29)(H,25,30). The van der Waals surface area contributed by atoms with Crippen LogP contribution in [-0.4, -0.2) is 46.6 Å². The topological polar surface area (TPSA) is 149 Å². The molecule has 0 saturated carbocycles. The van der Waals surface area contributed by atoms with E-state index in [2.05, 4.69) is 41.5 Å². The van der Waals surface area contributed by atoms with Crippen LogP contribution in [0.2, 0.25) is 0 Å². The Morgan fingerprint density at radius 3 is 2.41 bits per heavy atom. The Labute approximate surface area is 195 Å². The number of carbonyl (C=O) groups is 2. The Morgan fingerprint density at radius 2 is 1.74 bits per heavy atom. The van der Waals surface area contributed by atoms with E-state index in [1.54, 1.807) is 6.07 Å². The molecule has 34 heavy (non-hydrogen) atoms. The summed E-state index contributed by atoms with van der Waals surface area (Å²) < 4.78 is 10.2. The van der Waals surface area contributed by atoms with E-state index in [-0.39, 0.29) is 35.8 Å². The normalized spacial score (nSPS) is 11.0. The molecule has 0 bridgehead atoms. The zero-order valence-corrected chi connectivity index (χ0v) is 19.0. The second kappa shape index (κ2) is 10.6. The highest BCUT2D eigenvalue weighted by Gasteiger charge is 2.18. The third kappa shape index (κ3) is 6.37. The van der Waals surface area contributed by atoms with Gasteiger partial charge in [-0.05, 0) is 17.0 Å². The SMILES string of the molecule is CC(C)(C)c1ccc(-c2noc(C(=O)NCCNC(=O)COc3ccccc3[N+](=O)[O-])n2)cc1. The molecule has 3 aromatic rings. The van der Waals surface area contributed by atoms with Gasteiger partial charge in [-0.3, -0.25) is 19.7 Å². The van der Waals surface area contributed by atoms with Crippen molar-refractivity contribution in [1.82, 2.24) is 20.8 Å². The smallest absolute Gasteiger partial charge is 0.316 e. The van der Waals surface area contributed by atoms with E-state index in [0.717, 1.165) is 11.1 Å². The highest BCUT2D eigenvalue weighted by atomic mass is 16.6. The molecule has 0 aliphatic rings. The summed E-state index contributed by atoms with van der Waals surface area (Å²) in [6.07, 6.45) is 0. The molecule has 2 aromatic carbocycles. The van der Waals surface area contributed by atoms with Crippen molar-refractivity contribution in [3.63, 3.8) is 0 Å². The maximum atomic E-state index is 12.2. The summed E-state index contributed by atoms with van der Waals surface area (Å²) in [6.45, 7) is 6.16. The van der Waals surface area contributed by atoms with Crippen molar-refractivity contribution >= 4 is 17.5 Å². The van der Waals surface area contributed by atoms with Crippen LogP contribution in [0.1, 0.15) is 37.0 Å². The summed E-state index contributed by atoms with van der Waals surface area (Å²) in [5.74, 6) is -0.968. The van der Waals surface area contributed by atoms with Crippen molar-refractivity contribution in [2.24, 2.45) is 0 Å². The fourth-order valence-electron chi connectivity index (χ4n) is 2.93. The van der Waals surface area contributed by atoms with Crippen LogP contribution in [0.4, 0.5) is 5.69 Å². The molecule has 2 N–H and O–H groups in total. The van der Waals surface area contributed by atoms with Crippen molar-refractivity contribution in [2.75, 3.05) is 19.7 Å². The first-order valence-corrected chi connectivity index (χ1v) is 10.5. The van der Waals surface area contributed by atoms with E-state index in [1.807, 2.05) is 24.3 Å². The van der Waals surface area contributed by atoms with Gasteiger partial charge in [0, 0.05) is 24.7 Å². The van der Waals surface area contributed by atoms with Crippen molar-refractivity contribution < 1.29 is 23.8 Å². The molecular formula is C23H25N5O6. The van der Waals surface area contributed by atoms with Gasteiger partial charge < -0.3 is 19.9 Å². The molecule has 0 radical (unpaired) electrons. The number of nitro groups is 1. The van der Waals surface area contributed by atoms with Crippen molar-refractivity contribution in [2.45, 2.75) is 26.2 Å². The van der Waals surface area contributed by atoms with Crippen molar-refractivity contribution in [1.29, 1.82) is 0 Å². The first-order chi connectivity index (χ1) is 16.1. The quantitative estimate of drug-likeness (QED) is 0.277. The number of benzene rings is 2. The molecule has 1 aromatic heterocycles. The minimum atomic E-state index is -0.591. The van der Waals surface area contributed by atoms with E-state index >= 15 is 0 Å². The lowest BCUT2D eigenvalue weighted by Crippen LogP contribution is -2.36. The van der Waals surface area contributed by atoms with Crippen molar-refractivity contribution in [3.05, 3.63) is 70.1 Å². The Kier molecular flexibility index (Phi) is 7.57. The van der Waals surface area contributed by atoms with Gasteiger partial charge in [0.15, 0.2) is 12.4 Å². The third-order valence-corrected chi connectivity index (χ3v) is 4.78. The van der Waals surface area contributed by atoms with E-state index in [1.165, 1.54) is 18.2 Å². The predicted octanol–water partition coefficient (Wildman–Crippen LogP) is 2.87. The number of nitrogens with one attached hydrogen (secondary N) is 2. The van der Waals surface area contributed by atoms with Crippen LogP contribution < -0.4 is 15.4 Å². The van der Waals surface area contributed by atoms with Crippen LogP contribution >= 0.6 is 0 Å². The molecule has 0 spiro atoms. The maximum absolute atomic E-state index is 12.2. The zero-order chi connectivity index (χ0) is 24.7. The van der Waals surface area contributed by atoms with Crippen LogP contribution in [0.3, 0.4) is 0 Å². The van der Waals surface area contributed by atoms with E-state index in [4.69, 9.17) is 9.26 Å². The van der Waals surface area contributed by atoms with Gasteiger partial charge >= 0.3 is 17.5 Å². The molecule has 11 heteroatoms. The minimum Gasteiger partial charge on any atom is -0.477 e. The average molecular weight is 467 g/mol. The molecule has 0 saturated heterocycles. The van der Waals surface area contributed by atoms with Crippen LogP contribution in [0, 0.1) is 10.1 Å². The summed E-state index contributed by atoms with van der Waals surface area (Å²) in [5.41, 5.74) is 1.67. The van der Waals surface area contributed by atoms with Crippen molar-refractivity contribution in [3.8, 4) is 17.1 Å². The molecule has 2 amide bonds. The van der Waals surface area contributed by atoms with Gasteiger partial charge in [-0.2, -0.15) is 4.98 Å². The second-order valence-corrected chi connectivity index (χ2v) is 8.37. The molecule has 0 aliphatic heterocycles. The fraction of sp³-hybridized carbons (Fsp3) is 0.304. The lowest BCUT2D eigenvalue weighted by Gasteiger charge is -2.18. The Morgan fingerprint density at radius 1 is 1.06 bits per heavy atom. The Bertz CT molecular complexity index is 1170. The van der Waals surface area contributed by atoms with Crippen LogP contribution in [0.15, 0.2) is 53.1 Å². The number of hydrogen-bond acceptors (Lipinski definition) is 8. The van der Waals surface area contributed by atoms with Gasteiger partial charge in [-0.15, -0.1) is 0 Å². The molecule has 1 heterocycles. The highest BCUT2D eigenvalue weighted by Crippen LogP contribution is 2.26. The molecule has 0 fully saturated rings. The van der Waals surface area contributed by atoms with E-state index in [0.29, 0.717) is 5.82 Å². The minimum absolute atomic E-state index is 0.00352. The summed E-state index contributed by atoms with van der Waals surface area (Å²) in [7, 11) is 0. The number of rotatable bonds is 9. The number of para-hydroxylation sites is 2. The number of aromatic nitrogens is 2. The fourth-order valence-corrected chi connectivity index (χ4v) is 2.93. The summed E-state index contributed by atoms with van der Waals surface area (Å²) >= 11 is 0. The molecule has 0 unspecified atom stereocenters. The number of nitro benzene ring substituents is 1. The lowest BCUT2D eigenvalue weighted by atomic mass is 9.87. The largest absolute Gasteiger partial charge is 0.477 e. The number of amides is 2. The monoisotopic (exact) mass is 467 g/mol. The van der Waals surface area contributed by atoms with Crippen LogP contribution in [0.25, 0.3) is 11.4 Å².